The molecular weight excluding hydrogens is 318 g/mol. The lowest BCUT2D eigenvalue weighted by molar-refractivity contribution is -0.132. The predicted octanol–water partition coefficient (Wildman–Crippen LogP) is 3.78. The van der Waals surface area contributed by atoms with Gasteiger partial charge in [-0.2, -0.15) is 4.98 Å². The number of pyridine rings is 1. The third-order valence-corrected chi connectivity index (χ3v) is 5.81. The Hall–Kier alpha value is -2.24. The van der Waals surface area contributed by atoms with Crippen molar-refractivity contribution in [3.63, 3.8) is 0 Å². The second-order valence-electron chi connectivity index (χ2n) is 7.78. The molecule has 0 spiro atoms. The molecule has 0 aliphatic heterocycles. The van der Waals surface area contributed by atoms with Gasteiger partial charge in [0.25, 0.3) is 0 Å². The van der Waals surface area contributed by atoms with E-state index in [0.29, 0.717) is 23.5 Å². The molecule has 132 valence electrons. The average molecular weight is 341 g/mol. The van der Waals surface area contributed by atoms with E-state index in [0.717, 1.165) is 25.0 Å². The normalized spacial score (nSPS) is 25.1. The highest BCUT2D eigenvalue weighted by Gasteiger charge is 2.53. The van der Waals surface area contributed by atoms with Gasteiger partial charge in [0.15, 0.2) is 0 Å². The van der Waals surface area contributed by atoms with Gasteiger partial charge in [-0.25, -0.2) is 0 Å². The summed E-state index contributed by atoms with van der Waals surface area (Å²) in [6, 6.07) is 3.71. The molecule has 2 heterocycles. The van der Waals surface area contributed by atoms with Gasteiger partial charge in [-0.15, -0.1) is 0 Å². The Morgan fingerprint density at radius 2 is 2.16 bits per heavy atom. The number of Topliss-reactive ketones (excluding diaryl/α,β-unsaturated/α-hetero) is 1. The van der Waals surface area contributed by atoms with E-state index in [2.05, 4.69) is 29.0 Å². The minimum atomic E-state index is -0.155. The monoisotopic (exact) mass is 341 g/mol. The summed E-state index contributed by atoms with van der Waals surface area (Å²) in [5.41, 5.74) is 0.491. The van der Waals surface area contributed by atoms with Crippen LogP contribution in [-0.2, 0) is 4.79 Å². The van der Waals surface area contributed by atoms with Gasteiger partial charge in [-0.1, -0.05) is 19.0 Å². The predicted molar refractivity (Wildman–Crippen MR) is 91.1 cm³/mol. The van der Waals surface area contributed by atoms with Crippen LogP contribution in [0, 0.1) is 11.3 Å². The highest BCUT2D eigenvalue weighted by atomic mass is 16.5. The Bertz CT molecular complexity index is 795. The van der Waals surface area contributed by atoms with E-state index in [1.165, 1.54) is 6.42 Å². The van der Waals surface area contributed by atoms with Crippen molar-refractivity contribution in [2.24, 2.45) is 11.3 Å². The van der Waals surface area contributed by atoms with Crippen molar-refractivity contribution in [1.29, 1.82) is 0 Å². The van der Waals surface area contributed by atoms with Gasteiger partial charge in [0.1, 0.15) is 17.2 Å². The van der Waals surface area contributed by atoms with Gasteiger partial charge < -0.3 is 9.26 Å². The number of carbonyl (C=O) groups is 1. The van der Waals surface area contributed by atoms with E-state index < -0.39 is 0 Å². The molecule has 2 atom stereocenters. The van der Waals surface area contributed by atoms with Crippen molar-refractivity contribution in [2.75, 3.05) is 0 Å². The highest BCUT2D eigenvalue weighted by molar-refractivity contribution is 5.80. The Labute approximate surface area is 147 Å². The lowest BCUT2D eigenvalue weighted by Gasteiger charge is -2.49. The molecule has 0 bridgehead atoms. The van der Waals surface area contributed by atoms with Crippen LogP contribution in [0.4, 0.5) is 0 Å². The fourth-order valence-corrected chi connectivity index (χ4v) is 3.80. The lowest BCUT2D eigenvalue weighted by atomic mass is 9.53. The van der Waals surface area contributed by atoms with Crippen LogP contribution < -0.4 is 4.74 Å². The number of ketones is 1. The van der Waals surface area contributed by atoms with Crippen LogP contribution in [0.1, 0.15) is 58.3 Å². The molecular formula is C19H23N3O3. The molecule has 4 rings (SSSR count). The summed E-state index contributed by atoms with van der Waals surface area (Å²) in [4.78, 5) is 20.6. The van der Waals surface area contributed by atoms with E-state index >= 15 is 0 Å². The molecule has 0 saturated heterocycles. The van der Waals surface area contributed by atoms with Crippen molar-refractivity contribution in [2.45, 2.75) is 58.5 Å². The number of nitrogens with zero attached hydrogens (tertiary/aromatic N) is 3. The molecule has 0 radical (unpaired) electrons. The summed E-state index contributed by atoms with van der Waals surface area (Å²) in [7, 11) is 0. The Morgan fingerprint density at radius 3 is 2.80 bits per heavy atom. The molecule has 2 fully saturated rings. The fraction of sp³-hybridized carbons (Fsp3) is 0.579. The van der Waals surface area contributed by atoms with E-state index in [1.54, 1.807) is 13.1 Å². The molecule has 2 aromatic heterocycles. The molecule has 2 aliphatic rings. The van der Waals surface area contributed by atoms with E-state index in [4.69, 9.17) is 9.26 Å². The highest BCUT2D eigenvalue weighted by Crippen LogP contribution is 2.56. The summed E-state index contributed by atoms with van der Waals surface area (Å²) >= 11 is 0. The first-order valence-electron chi connectivity index (χ1n) is 8.92. The molecule has 25 heavy (non-hydrogen) atoms. The zero-order valence-electron chi connectivity index (χ0n) is 14.9. The molecule has 2 aromatic rings. The van der Waals surface area contributed by atoms with Crippen molar-refractivity contribution in [1.82, 2.24) is 15.1 Å². The molecule has 0 amide bonds. The minimum absolute atomic E-state index is 0.0604. The maximum atomic E-state index is 11.7. The first-order valence-corrected chi connectivity index (χ1v) is 8.92. The van der Waals surface area contributed by atoms with Gasteiger partial charge in [0, 0.05) is 24.1 Å². The molecule has 0 unspecified atom stereocenters. The van der Waals surface area contributed by atoms with Gasteiger partial charge in [0.2, 0.25) is 11.7 Å². The minimum Gasteiger partial charge on any atom is -0.490 e. The maximum Gasteiger partial charge on any atom is 0.230 e. The Kier molecular flexibility index (Phi) is 3.85. The van der Waals surface area contributed by atoms with Crippen LogP contribution in [0.15, 0.2) is 22.9 Å². The van der Waals surface area contributed by atoms with Crippen molar-refractivity contribution < 1.29 is 14.1 Å². The van der Waals surface area contributed by atoms with Crippen molar-refractivity contribution in [3.8, 4) is 17.3 Å². The van der Waals surface area contributed by atoms with Crippen LogP contribution >= 0.6 is 0 Å². The average Bonchev–Trinajstić information content (AvgIpc) is 2.99. The SMILES string of the molecule is CC(=O)[C@@H]1C[C@H](c2nc(-c3cc(OC4CCC4)ccn3)no2)C1(C)C. The number of carbonyl (C=O) groups excluding carboxylic acids is 1. The number of hydrogen-bond donors (Lipinski definition) is 0. The molecule has 2 aliphatic carbocycles. The fourth-order valence-electron chi connectivity index (χ4n) is 3.80. The molecule has 6 heteroatoms. The smallest absolute Gasteiger partial charge is 0.230 e. The zero-order valence-corrected chi connectivity index (χ0v) is 14.9. The van der Waals surface area contributed by atoms with Gasteiger partial charge in [0.05, 0.1) is 6.10 Å². The molecule has 0 aromatic carbocycles. The van der Waals surface area contributed by atoms with E-state index in [9.17, 15) is 4.79 Å². The largest absolute Gasteiger partial charge is 0.490 e. The van der Waals surface area contributed by atoms with E-state index in [-0.39, 0.29) is 23.0 Å². The maximum absolute atomic E-state index is 11.7. The van der Waals surface area contributed by atoms with Gasteiger partial charge in [-0.3, -0.25) is 9.78 Å². The summed E-state index contributed by atoms with van der Waals surface area (Å²) in [6.07, 6.45) is 6.24. The van der Waals surface area contributed by atoms with Crippen LogP contribution in [0.2, 0.25) is 0 Å². The van der Waals surface area contributed by atoms with E-state index in [1.807, 2.05) is 12.1 Å². The van der Waals surface area contributed by atoms with Gasteiger partial charge >= 0.3 is 0 Å². The number of ether oxygens (including phenoxy) is 1. The lowest BCUT2D eigenvalue weighted by Crippen LogP contribution is -2.46. The second kappa shape index (κ2) is 5.93. The summed E-state index contributed by atoms with van der Waals surface area (Å²) in [6.45, 7) is 5.82. The van der Waals surface area contributed by atoms with Crippen molar-refractivity contribution in [3.05, 3.63) is 24.2 Å². The van der Waals surface area contributed by atoms with Crippen LogP contribution in [0.3, 0.4) is 0 Å². The molecule has 0 N–H and O–H groups in total. The topological polar surface area (TPSA) is 78.1 Å². The molecule has 6 nitrogen and oxygen atoms in total. The first-order chi connectivity index (χ1) is 11.9. The van der Waals surface area contributed by atoms with Gasteiger partial charge in [-0.05, 0) is 44.1 Å². The molecule has 2 saturated carbocycles. The van der Waals surface area contributed by atoms with Crippen molar-refractivity contribution >= 4 is 5.78 Å². The Morgan fingerprint density at radius 1 is 1.36 bits per heavy atom. The first kappa shape index (κ1) is 16.2. The number of rotatable bonds is 5. The number of aromatic nitrogens is 3. The third-order valence-electron chi connectivity index (χ3n) is 5.81. The summed E-state index contributed by atoms with van der Waals surface area (Å²) in [5, 5.41) is 4.09. The van der Waals surface area contributed by atoms with Crippen LogP contribution in [-0.4, -0.2) is 27.0 Å². The second-order valence-corrected chi connectivity index (χ2v) is 7.78. The third kappa shape index (κ3) is 2.83. The number of hydrogen-bond acceptors (Lipinski definition) is 6. The quantitative estimate of drug-likeness (QED) is 0.823. The standard InChI is InChI=1S/C19H23N3O3/c1-11(23)14-10-15(19(14,2)3)18-21-17(22-25-18)16-9-13(7-8-20-16)24-12-5-4-6-12/h7-9,12,14-15H,4-6,10H2,1-3H3/t14-,15+/m0/s1. The Balaban J connectivity index is 1.52. The summed E-state index contributed by atoms with van der Waals surface area (Å²) in [5.74, 6) is 2.24. The summed E-state index contributed by atoms with van der Waals surface area (Å²) < 4.78 is 11.4. The van der Waals surface area contributed by atoms with Crippen LogP contribution in [0.5, 0.6) is 5.75 Å². The van der Waals surface area contributed by atoms with Crippen LogP contribution in [0.25, 0.3) is 11.5 Å². The zero-order chi connectivity index (χ0) is 17.6.